The molecule has 0 aliphatic carbocycles. The van der Waals surface area contributed by atoms with Gasteiger partial charge in [0.05, 0.1) is 16.3 Å². The second-order valence-corrected chi connectivity index (χ2v) is 11.2. The van der Waals surface area contributed by atoms with E-state index >= 15 is 0 Å². The minimum absolute atomic E-state index is 0.0515. The van der Waals surface area contributed by atoms with Crippen LogP contribution in [0.4, 0.5) is 18.3 Å². The van der Waals surface area contributed by atoms with Crippen molar-refractivity contribution in [3.8, 4) is 11.5 Å². The molecule has 0 bridgehead atoms. The summed E-state index contributed by atoms with van der Waals surface area (Å²) in [7, 11) is -3.83. The number of anilines is 1. The average Bonchev–Trinajstić information content (AvgIpc) is 3.44. The molecule has 0 amide bonds. The van der Waals surface area contributed by atoms with Crippen LogP contribution < -0.4 is 14.2 Å². The number of aromatic nitrogens is 2. The van der Waals surface area contributed by atoms with Crippen LogP contribution in [0.1, 0.15) is 43.7 Å². The van der Waals surface area contributed by atoms with Gasteiger partial charge in [0.1, 0.15) is 23.1 Å². The molecule has 0 saturated heterocycles. The Kier molecular flexibility index (Phi) is 7.55. The third kappa shape index (κ3) is 6.86. The highest BCUT2D eigenvalue weighted by Crippen LogP contribution is 2.28. The summed E-state index contributed by atoms with van der Waals surface area (Å²) in [5.41, 5.74) is 3.05. The fourth-order valence-electron chi connectivity index (χ4n) is 3.37. The quantitative estimate of drug-likeness (QED) is 0.354. The van der Waals surface area contributed by atoms with Gasteiger partial charge in [-0.2, -0.15) is 0 Å². The molecular weight excluding hydrogens is 529 g/mol. The topological polar surface area (TPSA) is 103 Å². The summed E-state index contributed by atoms with van der Waals surface area (Å²) in [6.45, 7) is 5.94. The normalized spacial score (nSPS) is 14.2. The maximum Gasteiger partial charge on any atom is 0.573 e. The molecule has 2 heterocycles. The van der Waals surface area contributed by atoms with E-state index in [0.717, 1.165) is 10.6 Å². The smallest absolute Gasteiger partial charge is 0.487 e. The SMILES string of the molecule is CC1=C(COc2ccc(S(=O)(=O)Nc3nnc(C(C)C)s3)cc2)N=C(c2ccc(OC(F)(F)F)cc2)C1. The largest absolute Gasteiger partial charge is 0.573 e. The van der Waals surface area contributed by atoms with Crippen molar-refractivity contribution in [2.45, 2.75) is 44.4 Å². The molecule has 3 aromatic rings. The summed E-state index contributed by atoms with van der Waals surface area (Å²) in [6.07, 6.45) is -4.21. The van der Waals surface area contributed by atoms with Crippen LogP contribution in [0.2, 0.25) is 0 Å². The van der Waals surface area contributed by atoms with Crippen molar-refractivity contribution in [1.29, 1.82) is 0 Å². The zero-order valence-electron chi connectivity index (χ0n) is 20.0. The number of rotatable bonds is 9. The molecule has 1 N–H and O–H groups in total. The highest BCUT2D eigenvalue weighted by Gasteiger charge is 2.31. The van der Waals surface area contributed by atoms with Crippen LogP contribution in [0.3, 0.4) is 0 Å². The van der Waals surface area contributed by atoms with Crippen LogP contribution in [-0.2, 0) is 10.0 Å². The molecule has 13 heteroatoms. The average molecular weight is 553 g/mol. The molecule has 0 radical (unpaired) electrons. The van der Waals surface area contributed by atoms with Gasteiger partial charge in [-0.1, -0.05) is 25.2 Å². The molecule has 0 fully saturated rings. The van der Waals surface area contributed by atoms with Gasteiger partial charge in [0.15, 0.2) is 0 Å². The number of nitrogens with zero attached hydrogens (tertiary/aromatic N) is 3. The van der Waals surface area contributed by atoms with Gasteiger partial charge in [-0.05, 0) is 66.6 Å². The first-order valence-corrected chi connectivity index (χ1v) is 13.4. The molecular formula is C24H23F3N4O4S2. The monoisotopic (exact) mass is 552 g/mol. The number of hydrogen-bond donors (Lipinski definition) is 1. The summed E-state index contributed by atoms with van der Waals surface area (Å²) in [5.74, 6) is 0.298. The van der Waals surface area contributed by atoms with Gasteiger partial charge < -0.3 is 9.47 Å². The number of alkyl halides is 3. The number of ether oxygens (including phenoxy) is 2. The molecule has 8 nitrogen and oxygen atoms in total. The molecule has 1 aliphatic heterocycles. The van der Waals surface area contributed by atoms with E-state index in [1.807, 2.05) is 20.8 Å². The van der Waals surface area contributed by atoms with E-state index < -0.39 is 16.4 Å². The minimum atomic E-state index is -4.75. The second kappa shape index (κ2) is 10.5. The fraction of sp³-hybridized carbons (Fsp3) is 0.292. The van der Waals surface area contributed by atoms with Gasteiger partial charge >= 0.3 is 6.36 Å². The molecule has 196 valence electrons. The number of aliphatic imine (C=N–C) groups is 1. The zero-order chi connectivity index (χ0) is 26.8. The Morgan fingerprint density at radius 3 is 2.27 bits per heavy atom. The first-order valence-electron chi connectivity index (χ1n) is 11.1. The minimum Gasteiger partial charge on any atom is -0.487 e. The Morgan fingerprint density at radius 2 is 1.68 bits per heavy atom. The lowest BCUT2D eigenvalue weighted by Crippen LogP contribution is -2.17. The van der Waals surface area contributed by atoms with Gasteiger partial charge in [-0.15, -0.1) is 23.4 Å². The Balaban J connectivity index is 1.36. The molecule has 0 unspecified atom stereocenters. The van der Waals surface area contributed by atoms with Gasteiger partial charge in [-0.25, -0.2) is 8.42 Å². The summed E-state index contributed by atoms with van der Waals surface area (Å²) >= 11 is 1.18. The lowest BCUT2D eigenvalue weighted by molar-refractivity contribution is -0.274. The first kappa shape index (κ1) is 26.6. The van der Waals surface area contributed by atoms with Gasteiger partial charge in [0.2, 0.25) is 5.13 Å². The van der Waals surface area contributed by atoms with Crippen LogP contribution in [0, 0.1) is 0 Å². The Morgan fingerprint density at radius 1 is 1.03 bits per heavy atom. The molecule has 1 aliphatic rings. The maximum atomic E-state index is 12.7. The van der Waals surface area contributed by atoms with Crippen molar-refractivity contribution < 1.29 is 31.1 Å². The third-order valence-electron chi connectivity index (χ3n) is 5.28. The summed E-state index contributed by atoms with van der Waals surface area (Å²) in [4.78, 5) is 4.62. The Bertz CT molecular complexity index is 1430. The van der Waals surface area contributed by atoms with E-state index in [2.05, 4.69) is 24.6 Å². The molecule has 1 aromatic heterocycles. The number of hydrogen-bond acceptors (Lipinski definition) is 8. The van der Waals surface area contributed by atoms with Crippen LogP contribution in [0.25, 0.3) is 0 Å². The van der Waals surface area contributed by atoms with Crippen LogP contribution in [0.5, 0.6) is 11.5 Å². The van der Waals surface area contributed by atoms with Crippen LogP contribution >= 0.6 is 11.3 Å². The standard InChI is InChI=1S/C24H23F3N4O4S2/c1-14(2)22-29-30-23(36-22)31-37(32,33)19-10-8-17(9-11-19)34-13-21-15(3)12-20(28-21)16-4-6-18(7-5-16)35-24(25,26)27/h4-11,14H,12-13H2,1-3H3,(H,30,31). The van der Waals surface area contributed by atoms with Gasteiger partial charge in [0, 0.05) is 12.3 Å². The molecule has 0 spiro atoms. The number of benzene rings is 2. The summed E-state index contributed by atoms with van der Waals surface area (Å²) < 4.78 is 74.5. The van der Waals surface area contributed by atoms with Crippen molar-refractivity contribution in [3.05, 3.63) is 70.4 Å². The third-order valence-corrected chi connectivity index (χ3v) is 7.91. The van der Waals surface area contributed by atoms with E-state index in [4.69, 9.17) is 4.74 Å². The van der Waals surface area contributed by atoms with Crippen molar-refractivity contribution in [2.24, 2.45) is 4.99 Å². The van der Waals surface area contributed by atoms with Crippen molar-refractivity contribution in [1.82, 2.24) is 10.2 Å². The molecule has 4 rings (SSSR count). The zero-order valence-corrected chi connectivity index (χ0v) is 21.7. The van der Waals surface area contributed by atoms with Crippen LogP contribution in [-0.4, -0.2) is 37.3 Å². The highest BCUT2D eigenvalue weighted by molar-refractivity contribution is 7.93. The summed E-state index contributed by atoms with van der Waals surface area (Å²) in [5, 5.41) is 8.79. The van der Waals surface area contributed by atoms with Crippen molar-refractivity contribution >= 4 is 32.2 Å². The fourth-order valence-corrected chi connectivity index (χ4v) is 5.35. The number of sulfonamides is 1. The predicted octanol–water partition coefficient (Wildman–Crippen LogP) is 5.91. The van der Waals surface area contributed by atoms with E-state index in [0.29, 0.717) is 29.1 Å². The molecule has 0 saturated carbocycles. The Labute approximate surface area is 215 Å². The van der Waals surface area contributed by atoms with Gasteiger partial charge in [-0.3, -0.25) is 9.71 Å². The molecule has 2 aromatic carbocycles. The maximum absolute atomic E-state index is 12.7. The Hall–Kier alpha value is -3.45. The number of nitrogens with one attached hydrogen (secondary N) is 1. The van der Waals surface area contributed by atoms with E-state index in [1.165, 1.54) is 47.7 Å². The lowest BCUT2D eigenvalue weighted by atomic mass is 10.1. The predicted molar refractivity (Wildman–Crippen MR) is 134 cm³/mol. The van der Waals surface area contributed by atoms with Crippen LogP contribution in [0.15, 0.2) is 69.7 Å². The first-order chi connectivity index (χ1) is 17.4. The molecule has 0 atom stereocenters. The second-order valence-electron chi connectivity index (χ2n) is 8.50. The van der Waals surface area contributed by atoms with Crippen molar-refractivity contribution in [2.75, 3.05) is 11.3 Å². The van der Waals surface area contributed by atoms with E-state index in [9.17, 15) is 21.6 Å². The van der Waals surface area contributed by atoms with Crippen molar-refractivity contribution in [3.63, 3.8) is 0 Å². The van der Waals surface area contributed by atoms with Gasteiger partial charge in [0.25, 0.3) is 10.0 Å². The lowest BCUT2D eigenvalue weighted by Gasteiger charge is -2.09. The van der Waals surface area contributed by atoms with E-state index in [1.54, 1.807) is 12.1 Å². The number of halogens is 3. The highest BCUT2D eigenvalue weighted by atomic mass is 32.2. The van der Waals surface area contributed by atoms with E-state index in [-0.39, 0.29) is 28.3 Å². The summed E-state index contributed by atoms with van der Waals surface area (Å²) in [6, 6.07) is 11.5. The molecule has 37 heavy (non-hydrogen) atoms. The number of allylic oxidation sites excluding steroid dienone is 1.